The fourth-order valence-electron chi connectivity index (χ4n) is 4.30. The van der Waals surface area contributed by atoms with Gasteiger partial charge in [-0.3, -0.25) is 4.79 Å². The number of aromatic nitrogens is 5. The van der Waals surface area contributed by atoms with Gasteiger partial charge >= 0.3 is 5.97 Å². The Bertz CT molecular complexity index is 1400. The maximum atomic E-state index is 11.1. The first-order valence-corrected chi connectivity index (χ1v) is 10.9. The number of carbonyl (C=O) groups is 1. The maximum absolute atomic E-state index is 11.1. The number of esters is 1. The molecule has 0 spiro atoms. The van der Waals surface area contributed by atoms with Crippen molar-refractivity contribution < 1.29 is 14.3 Å². The van der Waals surface area contributed by atoms with Crippen molar-refractivity contribution in [3.8, 4) is 28.8 Å². The Morgan fingerprint density at radius 3 is 2.66 bits per heavy atom. The van der Waals surface area contributed by atoms with Gasteiger partial charge in [0, 0.05) is 24.5 Å². The van der Waals surface area contributed by atoms with Gasteiger partial charge in [0.25, 0.3) is 0 Å². The highest BCUT2D eigenvalue weighted by molar-refractivity contribution is 7.59. The number of nitriles is 1. The van der Waals surface area contributed by atoms with Gasteiger partial charge < -0.3 is 9.47 Å². The molecule has 35 heavy (non-hydrogen) atoms. The largest absolute Gasteiger partial charge is 0.494 e. The van der Waals surface area contributed by atoms with E-state index in [4.69, 9.17) is 14.6 Å². The normalized spacial score (nSPS) is 14.0. The molecule has 4 aromatic rings. The van der Waals surface area contributed by atoms with Crippen LogP contribution < -0.4 is 4.74 Å². The molecule has 2 aromatic heterocycles. The average molecular weight is 489 g/mol. The minimum Gasteiger partial charge on any atom is -0.494 e. The van der Waals surface area contributed by atoms with Gasteiger partial charge in [0.15, 0.2) is 0 Å². The van der Waals surface area contributed by atoms with Crippen LogP contribution in [0.1, 0.15) is 35.5 Å². The molecule has 5 rings (SSSR count). The summed E-state index contributed by atoms with van der Waals surface area (Å²) in [6.07, 6.45) is 3.22. The highest BCUT2D eigenvalue weighted by Gasteiger charge is 2.32. The zero-order valence-electron chi connectivity index (χ0n) is 19.3. The van der Waals surface area contributed by atoms with E-state index in [-0.39, 0.29) is 32.1 Å². The Kier molecular flexibility index (Phi) is 6.89. The van der Waals surface area contributed by atoms with Crippen LogP contribution in [-0.4, -0.2) is 37.9 Å². The van der Waals surface area contributed by atoms with Crippen molar-refractivity contribution in [3.63, 3.8) is 0 Å². The third-order valence-corrected chi connectivity index (χ3v) is 5.89. The van der Waals surface area contributed by atoms with Crippen LogP contribution in [0.2, 0.25) is 0 Å². The monoisotopic (exact) mass is 488 g/mol. The van der Waals surface area contributed by atoms with Crippen molar-refractivity contribution in [1.29, 1.82) is 5.26 Å². The average Bonchev–Trinajstić information content (AvgIpc) is 3.57. The van der Waals surface area contributed by atoms with Crippen LogP contribution in [0.4, 0.5) is 0 Å². The maximum Gasteiger partial charge on any atom is 0.303 e. The molecule has 10 heteroatoms. The molecule has 1 aliphatic carbocycles. The second kappa shape index (κ2) is 10.0. The van der Waals surface area contributed by atoms with Crippen LogP contribution in [0, 0.1) is 11.3 Å². The van der Waals surface area contributed by atoms with E-state index in [0.29, 0.717) is 17.7 Å². The van der Waals surface area contributed by atoms with E-state index in [1.165, 1.54) is 6.92 Å². The molecule has 0 saturated carbocycles. The van der Waals surface area contributed by atoms with Gasteiger partial charge in [0.2, 0.25) is 0 Å². The molecule has 1 atom stereocenters. The first-order valence-electron chi connectivity index (χ1n) is 10.9. The van der Waals surface area contributed by atoms with E-state index in [1.54, 1.807) is 7.11 Å². The lowest BCUT2D eigenvalue weighted by molar-refractivity contribution is -0.142. The van der Waals surface area contributed by atoms with Crippen molar-refractivity contribution in [2.45, 2.75) is 32.4 Å². The number of hydrogen-bond donors (Lipinski definition) is 0. The highest BCUT2D eigenvalue weighted by atomic mass is 32.1. The van der Waals surface area contributed by atoms with Crippen LogP contribution in [-0.2, 0) is 29.0 Å². The van der Waals surface area contributed by atoms with Crippen molar-refractivity contribution in [2.24, 2.45) is 0 Å². The number of ether oxygens (including phenoxy) is 2. The van der Waals surface area contributed by atoms with E-state index in [2.05, 4.69) is 16.4 Å². The molecule has 0 radical (unpaired) electrons. The lowest BCUT2D eigenvalue weighted by atomic mass is 10.0. The minimum atomic E-state index is -0.354. The van der Waals surface area contributed by atoms with Gasteiger partial charge in [0.1, 0.15) is 23.7 Å². The molecule has 1 aliphatic rings. The summed E-state index contributed by atoms with van der Waals surface area (Å²) in [4.78, 5) is 11.1. The van der Waals surface area contributed by atoms with E-state index in [9.17, 15) is 10.1 Å². The third-order valence-electron chi connectivity index (χ3n) is 5.89. The summed E-state index contributed by atoms with van der Waals surface area (Å²) in [5.41, 5.74) is 6.08. The Morgan fingerprint density at radius 2 is 1.94 bits per heavy atom. The Hall–Kier alpha value is -4.10. The third kappa shape index (κ3) is 4.63. The van der Waals surface area contributed by atoms with Gasteiger partial charge in [-0.25, -0.2) is 9.36 Å². The second-order valence-corrected chi connectivity index (χ2v) is 8.08. The first kappa shape index (κ1) is 24.0. The van der Waals surface area contributed by atoms with E-state index >= 15 is 0 Å². The van der Waals surface area contributed by atoms with Gasteiger partial charge in [-0.05, 0) is 30.7 Å². The van der Waals surface area contributed by atoms with Crippen molar-refractivity contribution in [2.75, 3.05) is 7.11 Å². The van der Waals surface area contributed by atoms with Crippen molar-refractivity contribution in [3.05, 3.63) is 77.2 Å². The molecule has 0 amide bonds. The predicted octanol–water partition coefficient (Wildman–Crippen LogP) is 3.53. The smallest absolute Gasteiger partial charge is 0.303 e. The fourth-order valence-corrected chi connectivity index (χ4v) is 4.30. The highest BCUT2D eigenvalue weighted by Crippen LogP contribution is 2.39. The topological polar surface area (TPSA) is 108 Å². The second-order valence-electron chi connectivity index (χ2n) is 8.08. The summed E-state index contributed by atoms with van der Waals surface area (Å²) in [6.45, 7) is 1.47. The summed E-state index contributed by atoms with van der Waals surface area (Å²) in [5.74, 6) is 0.370. The lowest BCUT2D eigenvalue weighted by Crippen LogP contribution is -2.12. The van der Waals surface area contributed by atoms with E-state index < -0.39 is 0 Å². The lowest BCUT2D eigenvalue weighted by Gasteiger charge is -2.15. The summed E-state index contributed by atoms with van der Waals surface area (Å²) < 4.78 is 14.4. The molecular weight excluding hydrogens is 464 g/mol. The molecule has 0 saturated heterocycles. The summed E-state index contributed by atoms with van der Waals surface area (Å²) in [6, 6.07) is 17.5. The van der Waals surface area contributed by atoms with Gasteiger partial charge in [0.05, 0.1) is 42.4 Å². The van der Waals surface area contributed by atoms with Gasteiger partial charge in [-0.2, -0.15) is 23.9 Å². The van der Waals surface area contributed by atoms with Gasteiger partial charge in [-0.1, -0.05) is 29.5 Å². The number of fused-ring (bicyclic) bond motifs is 1. The molecule has 0 unspecified atom stereocenters. The standard InChI is InChI=1S/C25H22N6O3.H2S/c1-16(32)34-15-19-14-30(29-27-19)20-11-21-22(12-20)28-31(23-5-3-4-6-24(23)33-2)25(21)18-9-7-17(13-26)8-10-18;/h3-10,14,20H,11-12,15H2,1-2H3;1H2/t20-;/m0./s1. The zero-order valence-corrected chi connectivity index (χ0v) is 20.3. The van der Waals surface area contributed by atoms with Crippen LogP contribution in [0.25, 0.3) is 16.9 Å². The predicted molar refractivity (Wildman–Crippen MR) is 133 cm³/mol. The van der Waals surface area contributed by atoms with Crippen LogP contribution in [0.15, 0.2) is 54.7 Å². The Balaban J connectivity index is 0.00000289. The van der Waals surface area contributed by atoms with Crippen molar-refractivity contribution >= 4 is 19.5 Å². The molecule has 2 aromatic carbocycles. The molecule has 0 N–H and O–H groups in total. The molecular formula is C25H24N6O3S. The van der Waals surface area contributed by atoms with Crippen LogP contribution >= 0.6 is 13.5 Å². The molecule has 0 fully saturated rings. The first-order chi connectivity index (χ1) is 16.6. The summed E-state index contributed by atoms with van der Waals surface area (Å²) in [5, 5.41) is 22.6. The quantitative estimate of drug-likeness (QED) is 0.382. The van der Waals surface area contributed by atoms with Crippen LogP contribution in [0.3, 0.4) is 0 Å². The minimum absolute atomic E-state index is 0. The summed E-state index contributed by atoms with van der Waals surface area (Å²) in [7, 11) is 1.64. The molecule has 9 nitrogen and oxygen atoms in total. The number of benzene rings is 2. The van der Waals surface area contributed by atoms with E-state index in [1.807, 2.05) is 64.1 Å². The number of hydrogen-bond acceptors (Lipinski definition) is 7. The summed E-state index contributed by atoms with van der Waals surface area (Å²) >= 11 is 0. The Labute approximate surface area is 209 Å². The Morgan fingerprint density at radius 1 is 1.17 bits per heavy atom. The van der Waals surface area contributed by atoms with E-state index in [0.717, 1.165) is 40.4 Å². The SMILES string of the molecule is COc1ccccc1-n1nc2c(c1-c1ccc(C#N)cc1)C[C@H](n1cc(COC(C)=O)nn1)C2.S. The molecule has 0 aliphatic heterocycles. The van der Waals surface area contributed by atoms with Crippen molar-refractivity contribution in [1.82, 2.24) is 24.8 Å². The fraction of sp³-hybridized carbons (Fsp3) is 0.240. The molecule has 2 heterocycles. The molecule has 0 bridgehead atoms. The molecule has 178 valence electrons. The number of carbonyl (C=O) groups excluding carboxylic acids is 1. The number of rotatable bonds is 6. The number of para-hydroxylation sites is 2. The number of methoxy groups -OCH3 is 1. The van der Waals surface area contributed by atoms with Gasteiger partial charge in [-0.15, -0.1) is 5.10 Å². The van der Waals surface area contributed by atoms with Crippen LogP contribution in [0.5, 0.6) is 5.75 Å². The number of nitrogens with zero attached hydrogens (tertiary/aromatic N) is 6. The zero-order chi connectivity index (χ0) is 23.7.